The smallest absolute Gasteiger partial charge is 0.253 e. The standard InChI is InChI=1S/C30H38ClN5O2/c1-30(15-7-4-8-16-30)28(38)32-19-20-11-13-23(31)24(17-20)33-29-34-25-18-21(12-14-26(25)36(29)3)27(37)35(2)22-9-5-6-10-22/h11-14,17-18,22H,4-10,15-16,19H2,1-3H3,(H,32,38)(H,33,34). The fraction of sp³-hybridized carbons (Fsp3) is 0.500. The van der Waals surface area contributed by atoms with Crippen molar-refractivity contribution in [1.82, 2.24) is 19.8 Å². The van der Waals surface area contributed by atoms with Crippen LogP contribution in [0.1, 0.15) is 80.6 Å². The zero-order valence-corrected chi connectivity index (χ0v) is 23.4. The van der Waals surface area contributed by atoms with Gasteiger partial charge in [-0.15, -0.1) is 0 Å². The molecule has 0 unspecified atom stereocenters. The summed E-state index contributed by atoms with van der Waals surface area (Å²) >= 11 is 6.53. The van der Waals surface area contributed by atoms with Gasteiger partial charge in [-0.2, -0.15) is 0 Å². The number of carbonyl (C=O) groups is 2. The Morgan fingerprint density at radius 1 is 1.08 bits per heavy atom. The van der Waals surface area contributed by atoms with E-state index in [9.17, 15) is 9.59 Å². The number of benzene rings is 2. The molecule has 1 aromatic heterocycles. The SMILES string of the molecule is CN(C(=O)c1ccc2c(c1)nc(Nc1cc(CNC(=O)C3(C)CCCCC3)ccc1Cl)n2C)C1CCCC1. The number of imidazole rings is 1. The minimum absolute atomic E-state index is 0.0406. The minimum Gasteiger partial charge on any atom is -0.352 e. The lowest BCUT2D eigenvalue weighted by molar-refractivity contribution is -0.132. The number of aryl methyl sites for hydroxylation is 1. The Labute approximate surface area is 229 Å². The molecule has 2 amide bonds. The van der Waals surface area contributed by atoms with E-state index in [1.54, 1.807) is 0 Å². The Morgan fingerprint density at radius 3 is 2.55 bits per heavy atom. The summed E-state index contributed by atoms with van der Waals surface area (Å²) in [5.41, 5.74) is 3.74. The first-order valence-electron chi connectivity index (χ1n) is 13.8. The Kier molecular flexibility index (Phi) is 7.66. The number of halogens is 1. The van der Waals surface area contributed by atoms with Crippen molar-refractivity contribution in [3.63, 3.8) is 0 Å². The number of carbonyl (C=O) groups excluding carboxylic acids is 2. The maximum atomic E-state index is 13.1. The molecule has 0 aliphatic heterocycles. The molecular weight excluding hydrogens is 498 g/mol. The van der Waals surface area contributed by atoms with Crippen LogP contribution in [0.2, 0.25) is 5.02 Å². The molecular formula is C30H38ClN5O2. The molecule has 202 valence electrons. The van der Waals surface area contributed by atoms with E-state index in [0.717, 1.165) is 60.8 Å². The predicted molar refractivity (Wildman–Crippen MR) is 153 cm³/mol. The highest BCUT2D eigenvalue weighted by atomic mass is 35.5. The van der Waals surface area contributed by atoms with Crippen LogP contribution in [0.15, 0.2) is 36.4 Å². The normalized spacial score (nSPS) is 17.5. The third-order valence-electron chi connectivity index (χ3n) is 8.56. The van der Waals surface area contributed by atoms with E-state index in [1.807, 2.05) is 60.0 Å². The van der Waals surface area contributed by atoms with E-state index < -0.39 is 0 Å². The van der Waals surface area contributed by atoms with Gasteiger partial charge in [0, 0.05) is 37.7 Å². The predicted octanol–water partition coefficient (Wildman–Crippen LogP) is 6.57. The van der Waals surface area contributed by atoms with Gasteiger partial charge in [0.2, 0.25) is 11.9 Å². The van der Waals surface area contributed by atoms with Crippen molar-refractivity contribution in [2.45, 2.75) is 77.3 Å². The second-order valence-corrected chi connectivity index (χ2v) is 11.7. The molecule has 0 spiro atoms. The van der Waals surface area contributed by atoms with Crippen molar-refractivity contribution in [2.24, 2.45) is 12.5 Å². The second-order valence-electron chi connectivity index (χ2n) is 11.3. The highest BCUT2D eigenvalue weighted by Crippen LogP contribution is 2.36. The molecule has 3 aromatic rings. The maximum absolute atomic E-state index is 13.1. The zero-order valence-electron chi connectivity index (χ0n) is 22.6. The van der Waals surface area contributed by atoms with Crippen LogP contribution in [-0.2, 0) is 18.4 Å². The Hall–Kier alpha value is -3.06. The second kappa shape index (κ2) is 11.0. The number of anilines is 2. The van der Waals surface area contributed by atoms with Crippen molar-refractivity contribution in [3.05, 3.63) is 52.5 Å². The van der Waals surface area contributed by atoms with E-state index >= 15 is 0 Å². The molecule has 2 saturated carbocycles. The first kappa shape index (κ1) is 26.5. The number of fused-ring (bicyclic) bond motifs is 1. The summed E-state index contributed by atoms with van der Waals surface area (Å²) in [6.45, 7) is 2.52. The van der Waals surface area contributed by atoms with Crippen molar-refractivity contribution in [3.8, 4) is 0 Å². The summed E-state index contributed by atoms with van der Waals surface area (Å²) in [6.07, 6.45) is 9.86. The van der Waals surface area contributed by atoms with Crippen LogP contribution in [0.3, 0.4) is 0 Å². The molecule has 38 heavy (non-hydrogen) atoms. The zero-order chi connectivity index (χ0) is 26.9. The first-order chi connectivity index (χ1) is 18.2. The highest BCUT2D eigenvalue weighted by Gasteiger charge is 2.34. The van der Waals surface area contributed by atoms with Crippen LogP contribution >= 0.6 is 11.6 Å². The van der Waals surface area contributed by atoms with E-state index in [4.69, 9.17) is 16.6 Å². The Bertz CT molecular complexity index is 1340. The topological polar surface area (TPSA) is 79.3 Å². The molecule has 2 aliphatic rings. The van der Waals surface area contributed by atoms with Gasteiger partial charge in [-0.3, -0.25) is 9.59 Å². The van der Waals surface area contributed by atoms with Gasteiger partial charge < -0.3 is 20.1 Å². The van der Waals surface area contributed by atoms with E-state index in [1.165, 1.54) is 19.3 Å². The van der Waals surface area contributed by atoms with Gasteiger partial charge in [0.1, 0.15) is 0 Å². The number of aromatic nitrogens is 2. The average molecular weight is 536 g/mol. The first-order valence-corrected chi connectivity index (χ1v) is 14.2. The van der Waals surface area contributed by atoms with Gasteiger partial charge in [-0.1, -0.05) is 56.7 Å². The van der Waals surface area contributed by atoms with E-state index in [-0.39, 0.29) is 17.2 Å². The quantitative estimate of drug-likeness (QED) is 0.358. The Morgan fingerprint density at radius 2 is 1.82 bits per heavy atom. The van der Waals surface area contributed by atoms with Crippen LogP contribution in [0.25, 0.3) is 11.0 Å². The molecule has 2 aliphatic carbocycles. The molecule has 0 atom stereocenters. The summed E-state index contributed by atoms with van der Waals surface area (Å²) in [7, 11) is 3.84. The molecule has 0 saturated heterocycles. The minimum atomic E-state index is -0.273. The summed E-state index contributed by atoms with van der Waals surface area (Å²) in [5.74, 6) is 0.798. The number of hydrogen-bond acceptors (Lipinski definition) is 4. The number of nitrogens with zero attached hydrogens (tertiary/aromatic N) is 3. The summed E-state index contributed by atoms with van der Waals surface area (Å²) < 4.78 is 1.96. The lowest BCUT2D eigenvalue weighted by atomic mass is 9.75. The molecule has 0 radical (unpaired) electrons. The molecule has 5 rings (SSSR count). The van der Waals surface area contributed by atoms with Crippen molar-refractivity contribution in [1.29, 1.82) is 0 Å². The summed E-state index contributed by atoms with van der Waals surface area (Å²) in [6, 6.07) is 11.7. The van der Waals surface area contributed by atoms with Crippen molar-refractivity contribution in [2.75, 3.05) is 12.4 Å². The van der Waals surface area contributed by atoms with Gasteiger partial charge in [-0.25, -0.2) is 4.98 Å². The fourth-order valence-electron chi connectivity index (χ4n) is 5.96. The average Bonchev–Trinajstić information content (AvgIpc) is 3.57. The molecule has 0 bridgehead atoms. The summed E-state index contributed by atoms with van der Waals surface area (Å²) in [5, 5.41) is 7.06. The summed E-state index contributed by atoms with van der Waals surface area (Å²) in [4.78, 5) is 32.6. The maximum Gasteiger partial charge on any atom is 0.253 e. The van der Waals surface area contributed by atoms with Crippen LogP contribution in [-0.4, -0.2) is 39.4 Å². The van der Waals surface area contributed by atoms with Crippen LogP contribution < -0.4 is 10.6 Å². The monoisotopic (exact) mass is 535 g/mol. The largest absolute Gasteiger partial charge is 0.352 e. The number of nitrogens with one attached hydrogen (secondary N) is 2. The van der Waals surface area contributed by atoms with Crippen molar-refractivity contribution < 1.29 is 9.59 Å². The van der Waals surface area contributed by atoms with Gasteiger partial charge in [-0.05, 0) is 61.6 Å². The molecule has 2 N–H and O–H groups in total. The molecule has 8 heteroatoms. The van der Waals surface area contributed by atoms with Crippen molar-refractivity contribution >= 4 is 46.1 Å². The van der Waals surface area contributed by atoms with Gasteiger partial charge >= 0.3 is 0 Å². The highest BCUT2D eigenvalue weighted by molar-refractivity contribution is 6.33. The number of hydrogen-bond donors (Lipinski definition) is 2. The van der Waals surface area contributed by atoms with E-state index in [2.05, 4.69) is 17.6 Å². The van der Waals surface area contributed by atoms with Gasteiger partial charge in [0.15, 0.2) is 0 Å². The molecule has 2 fully saturated rings. The van der Waals surface area contributed by atoms with Gasteiger partial charge in [0.25, 0.3) is 5.91 Å². The lowest BCUT2D eigenvalue weighted by Crippen LogP contribution is -2.39. The van der Waals surface area contributed by atoms with Crippen LogP contribution in [0, 0.1) is 5.41 Å². The number of rotatable bonds is 7. The molecule has 1 heterocycles. The third-order valence-corrected chi connectivity index (χ3v) is 8.89. The van der Waals surface area contributed by atoms with Crippen LogP contribution in [0.4, 0.5) is 11.6 Å². The van der Waals surface area contributed by atoms with E-state index in [0.29, 0.717) is 29.1 Å². The number of amides is 2. The third kappa shape index (κ3) is 5.39. The molecule has 2 aromatic carbocycles. The lowest BCUT2D eigenvalue weighted by Gasteiger charge is -2.32. The fourth-order valence-corrected chi connectivity index (χ4v) is 6.12. The van der Waals surface area contributed by atoms with Gasteiger partial charge in [0.05, 0.1) is 21.7 Å². The molecule has 7 nitrogen and oxygen atoms in total. The van der Waals surface area contributed by atoms with Crippen LogP contribution in [0.5, 0.6) is 0 Å². The Balaban J connectivity index is 1.30.